The lowest BCUT2D eigenvalue weighted by Crippen LogP contribution is -2.35. The molecule has 1 aromatic carbocycles. The maximum atomic E-state index is 12.9. The largest absolute Gasteiger partial charge is 0.497 e. The number of amides is 1. The van der Waals surface area contributed by atoms with Crippen molar-refractivity contribution in [1.29, 1.82) is 0 Å². The van der Waals surface area contributed by atoms with Gasteiger partial charge in [0.1, 0.15) is 5.75 Å². The first-order valence-corrected chi connectivity index (χ1v) is 8.03. The maximum absolute atomic E-state index is 12.9. The third-order valence-electron chi connectivity index (χ3n) is 4.05. The number of methoxy groups -OCH3 is 1. The number of nitrogens with zero attached hydrogens (tertiary/aromatic N) is 2. The molecule has 1 amide bonds. The Morgan fingerprint density at radius 1 is 1.17 bits per heavy atom. The highest BCUT2D eigenvalue weighted by Gasteiger charge is 2.23. The topological polar surface area (TPSA) is 42.4 Å². The van der Waals surface area contributed by atoms with Gasteiger partial charge in [0.15, 0.2) is 0 Å². The van der Waals surface area contributed by atoms with E-state index in [1.165, 1.54) is 0 Å². The molecule has 4 nitrogen and oxygen atoms in total. The van der Waals surface area contributed by atoms with Crippen LogP contribution in [0, 0.1) is 5.92 Å². The van der Waals surface area contributed by atoms with Gasteiger partial charge in [0, 0.05) is 24.0 Å². The van der Waals surface area contributed by atoms with Gasteiger partial charge >= 0.3 is 0 Å². The summed E-state index contributed by atoms with van der Waals surface area (Å²) in [5, 5.41) is 0. The van der Waals surface area contributed by atoms with Crippen molar-refractivity contribution in [3.8, 4) is 5.75 Å². The molecule has 0 N–H and O–H groups in total. The van der Waals surface area contributed by atoms with Crippen LogP contribution in [0.1, 0.15) is 32.3 Å². The van der Waals surface area contributed by atoms with E-state index in [4.69, 9.17) is 4.74 Å². The van der Waals surface area contributed by atoms with Crippen LogP contribution in [0.3, 0.4) is 0 Å². The van der Waals surface area contributed by atoms with Crippen LogP contribution in [0.15, 0.2) is 48.8 Å². The number of hydrogen-bond acceptors (Lipinski definition) is 3. The van der Waals surface area contributed by atoms with E-state index in [9.17, 15) is 4.79 Å². The number of ether oxygens (including phenoxy) is 1. The monoisotopic (exact) mass is 312 g/mol. The van der Waals surface area contributed by atoms with Crippen molar-refractivity contribution in [3.63, 3.8) is 0 Å². The van der Waals surface area contributed by atoms with Gasteiger partial charge in [-0.25, -0.2) is 0 Å². The van der Waals surface area contributed by atoms with Crippen molar-refractivity contribution in [3.05, 3.63) is 54.4 Å². The van der Waals surface area contributed by atoms with Crippen molar-refractivity contribution in [2.24, 2.45) is 5.92 Å². The summed E-state index contributed by atoms with van der Waals surface area (Å²) in [6, 6.07) is 11.5. The van der Waals surface area contributed by atoms with Gasteiger partial charge in [0.2, 0.25) is 5.91 Å². The Bertz CT molecular complexity index is 607. The first kappa shape index (κ1) is 17.0. The molecular formula is C19H24N2O2. The maximum Gasteiger partial charge on any atom is 0.230 e. The number of aromatic nitrogens is 1. The Hall–Kier alpha value is -2.36. The van der Waals surface area contributed by atoms with E-state index < -0.39 is 0 Å². The number of carbonyl (C=O) groups excluding carboxylic acids is 1. The van der Waals surface area contributed by atoms with Crippen molar-refractivity contribution < 1.29 is 9.53 Å². The molecule has 2 rings (SSSR count). The molecule has 0 fully saturated rings. The van der Waals surface area contributed by atoms with E-state index in [1.54, 1.807) is 19.5 Å². The molecule has 122 valence electrons. The summed E-state index contributed by atoms with van der Waals surface area (Å²) >= 11 is 0. The second-order valence-corrected chi connectivity index (χ2v) is 5.50. The smallest absolute Gasteiger partial charge is 0.230 e. The molecule has 0 spiro atoms. The first-order chi connectivity index (χ1) is 11.2. The predicted octanol–water partition coefficient (Wildman–Crippen LogP) is 4.06. The number of anilines is 1. The Kier molecular flexibility index (Phi) is 6.15. The van der Waals surface area contributed by atoms with Gasteiger partial charge in [-0.15, -0.1) is 0 Å². The van der Waals surface area contributed by atoms with Crippen LogP contribution in [-0.4, -0.2) is 18.0 Å². The molecule has 0 aliphatic carbocycles. The molecule has 0 aliphatic rings. The summed E-state index contributed by atoms with van der Waals surface area (Å²) in [6.45, 7) is 4.64. The third-order valence-corrected chi connectivity index (χ3v) is 4.05. The molecule has 4 heteroatoms. The van der Waals surface area contributed by atoms with Crippen molar-refractivity contribution in [2.45, 2.75) is 33.2 Å². The molecular weight excluding hydrogens is 288 g/mol. The summed E-state index contributed by atoms with van der Waals surface area (Å²) in [4.78, 5) is 18.9. The fourth-order valence-corrected chi connectivity index (χ4v) is 2.59. The van der Waals surface area contributed by atoms with Crippen molar-refractivity contribution in [1.82, 2.24) is 4.98 Å². The minimum atomic E-state index is 0.0359. The van der Waals surface area contributed by atoms with Crippen LogP contribution in [-0.2, 0) is 11.3 Å². The summed E-state index contributed by atoms with van der Waals surface area (Å²) in [7, 11) is 1.64. The normalized spacial score (nSPS) is 10.6. The highest BCUT2D eigenvalue weighted by molar-refractivity contribution is 5.95. The van der Waals surface area contributed by atoms with E-state index >= 15 is 0 Å². The van der Waals surface area contributed by atoms with Gasteiger partial charge in [-0.2, -0.15) is 0 Å². The van der Waals surface area contributed by atoms with Gasteiger partial charge in [0.05, 0.1) is 13.7 Å². The number of benzene rings is 1. The number of pyridine rings is 1. The molecule has 0 aliphatic heterocycles. The van der Waals surface area contributed by atoms with Crippen LogP contribution >= 0.6 is 0 Å². The quantitative estimate of drug-likeness (QED) is 0.774. The average molecular weight is 312 g/mol. The zero-order valence-corrected chi connectivity index (χ0v) is 14.0. The van der Waals surface area contributed by atoms with E-state index in [2.05, 4.69) is 18.8 Å². The average Bonchev–Trinajstić information content (AvgIpc) is 2.61. The molecule has 0 saturated heterocycles. The molecule has 2 aromatic rings. The van der Waals surface area contributed by atoms with Gasteiger partial charge in [0.25, 0.3) is 0 Å². The molecule has 0 radical (unpaired) electrons. The summed E-state index contributed by atoms with van der Waals surface area (Å²) < 4.78 is 5.20. The highest BCUT2D eigenvalue weighted by atomic mass is 16.5. The van der Waals surface area contributed by atoms with Crippen molar-refractivity contribution >= 4 is 11.6 Å². The minimum absolute atomic E-state index is 0.0359. The predicted molar refractivity (Wildman–Crippen MR) is 92.5 cm³/mol. The molecule has 1 aromatic heterocycles. The summed E-state index contributed by atoms with van der Waals surface area (Å²) in [6.07, 6.45) is 5.23. The lowest BCUT2D eigenvalue weighted by Gasteiger charge is -2.27. The van der Waals surface area contributed by atoms with Crippen LogP contribution in [0.5, 0.6) is 5.75 Å². The Morgan fingerprint density at radius 2 is 1.87 bits per heavy atom. The zero-order valence-electron chi connectivity index (χ0n) is 14.0. The number of carbonyl (C=O) groups is 1. The van der Waals surface area contributed by atoms with Gasteiger partial charge in [-0.05, 0) is 48.7 Å². The Balaban J connectivity index is 2.31. The third kappa shape index (κ3) is 4.31. The van der Waals surface area contributed by atoms with Gasteiger partial charge in [-0.1, -0.05) is 19.9 Å². The molecule has 0 bridgehead atoms. The minimum Gasteiger partial charge on any atom is -0.497 e. The van der Waals surface area contributed by atoms with Crippen molar-refractivity contribution in [2.75, 3.05) is 12.0 Å². The molecule has 23 heavy (non-hydrogen) atoms. The zero-order chi connectivity index (χ0) is 16.7. The lowest BCUT2D eigenvalue weighted by molar-refractivity contribution is -0.122. The van der Waals surface area contributed by atoms with E-state index in [-0.39, 0.29) is 11.8 Å². The Morgan fingerprint density at radius 3 is 2.39 bits per heavy atom. The summed E-state index contributed by atoms with van der Waals surface area (Å²) in [5.41, 5.74) is 1.90. The van der Waals surface area contributed by atoms with Gasteiger partial charge < -0.3 is 9.64 Å². The fourth-order valence-electron chi connectivity index (χ4n) is 2.59. The fraction of sp³-hybridized carbons (Fsp3) is 0.368. The molecule has 0 unspecified atom stereocenters. The standard InChI is InChI=1S/C19H24N2O2/c1-4-16(5-2)19(22)21(14-15-7-6-12-20-13-15)17-8-10-18(23-3)11-9-17/h6-13,16H,4-5,14H2,1-3H3. The van der Waals surface area contributed by atoms with Crippen LogP contribution < -0.4 is 9.64 Å². The number of rotatable bonds is 7. The second-order valence-electron chi connectivity index (χ2n) is 5.50. The molecule has 0 atom stereocenters. The Labute approximate surface area is 138 Å². The van der Waals surface area contributed by atoms with Gasteiger partial charge in [-0.3, -0.25) is 9.78 Å². The van der Waals surface area contributed by atoms with Crippen LogP contribution in [0.2, 0.25) is 0 Å². The van der Waals surface area contributed by atoms with Crippen LogP contribution in [0.4, 0.5) is 5.69 Å². The first-order valence-electron chi connectivity index (χ1n) is 8.03. The van der Waals surface area contributed by atoms with E-state index in [0.717, 1.165) is 29.8 Å². The van der Waals surface area contributed by atoms with E-state index in [0.29, 0.717) is 6.54 Å². The van der Waals surface area contributed by atoms with Crippen LogP contribution in [0.25, 0.3) is 0 Å². The second kappa shape index (κ2) is 8.32. The number of hydrogen-bond donors (Lipinski definition) is 0. The van der Waals surface area contributed by atoms with E-state index in [1.807, 2.05) is 41.3 Å². The lowest BCUT2D eigenvalue weighted by atomic mass is 10.0. The molecule has 0 saturated carbocycles. The highest BCUT2D eigenvalue weighted by Crippen LogP contribution is 2.24. The SMILES string of the molecule is CCC(CC)C(=O)N(Cc1cccnc1)c1ccc(OC)cc1. The summed E-state index contributed by atoms with van der Waals surface area (Å²) in [5.74, 6) is 0.975. The molecule has 1 heterocycles.